The number of carbonyl (C=O) groups is 1. The number of aliphatic hydroxyl groups excluding tert-OH is 1. The van der Waals surface area contributed by atoms with Crippen LogP contribution in [0.25, 0.3) is 6.08 Å². The van der Waals surface area contributed by atoms with Gasteiger partial charge in [-0.15, -0.1) is 0 Å². The summed E-state index contributed by atoms with van der Waals surface area (Å²) < 4.78 is 12.8. The number of amides is 1. The fraction of sp³-hybridized carbons (Fsp3) is 0.429. The van der Waals surface area contributed by atoms with Crippen molar-refractivity contribution in [3.05, 3.63) is 48.1 Å². The first-order valence-corrected chi connectivity index (χ1v) is 9.39. The summed E-state index contributed by atoms with van der Waals surface area (Å²) in [4.78, 5) is 16.9. The summed E-state index contributed by atoms with van der Waals surface area (Å²) in [6.45, 7) is 2.68. The second kappa shape index (κ2) is 8.93. The predicted molar refractivity (Wildman–Crippen MR) is 106 cm³/mol. The fourth-order valence-electron chi connectivity index (χ4n) is 3.80. The smallest absolute Gasteiger partial charge is 0.251 e. The minimum atomic E-state index is -0.562. The predicted octanol–water partition coefficient (Wildman–Crippen LogP) is 2.50. The van der Waals surface area contributed by atoms with Crippen LogP contribution >= 0.6 is 0 Å². The molecule has 0 aliphatic heterocycles. The maximum atomic E-state index is 12.8. The highest BCUT2D eigenvalue weighted by Gasteiger charge is 2.34. The molecule has 7 heteroatoms. The van der Waals surface area contributed by atoms with Gasteiger partial charge in [-0.3, -0.25) is 4.79 Å². The number of rotatable bonds is 7. The van der Waals surface area contributed by atoms with Crippen molar-refractivity contribution in [1.82, 2.24) is 14.9 Å². The van der Waals surface area contributed by atoms with E-state index in [0.717, 1.165) is 18.5 Å². The molecule has 1 aromatic heterocycles. The van der Waals surface area contributed by atoms with Crippen molar-refractivity contribution in [1.29, 1.82) is 0 Å². The molecule has 0 saturated heterocycles. The Kier molecular flexibility index (Phi) is 6.36. The third-order valence-corrected chi connectivity index (χ3v) is 5.09. The first-order valence-electron chi connectivity index (χ1n) is 9.39. The van der Waals surface area contributed by atoms with Crippen LogP contribution in [0, 0.1) is 5.92 Å². The van der Waals surface area contributed by atoms with Crippen molar-refractivity contribution in [3.63, 3.8) is 0 Å². The van der Waals surface area contributed by atoms with Crippen LogP contribution in [0.4, 0.5) is 0 Å². The Balaban J connectivity index is 1.72. The molecule has 1 aromatic carbocycles. The Labute approximate surface area is 165 Å². The summed E-state index contributed by atoms with van der Waals surface area (Å²) in [5.41, 5.74) is 1.23. The Morgan fingerprint density at radius 3 is 2.82 bits per heavy atom. The quantitative estimate of drug-likeness (QED) is 0.765. The van der Waals surface area contributed by atoms with E-state index >= 15 is 0 Å². The molecule has 3 rings (SSSR count). The van der Waals surface area contributed by atoms with Crippen LogP contribution in [0.1, 0.15) is 35.7 Å². The van der Waals surface area contributed by atoms with E-state index in [9.17, 15) is 9.90 Å². The maximum Gasteiger partial charge on any atom is 0.251 e. The number of ether oxygens (including phenoxy) is 2. The molecule has 1 fully saturated rings. The molecule has 1 unspecified atom stereocenters. The molecule has 1 amide bonds. The summed E-state index contributed by atoms with van der Waals surface area (Å²) in [6, 6.07) is 3.14. The van der Waals surface area contributed by atoms with Crippen molar-refractivity contribution in [2.45, 2.75) is 38.5 Å². The zero-order chi connectivity index (χ0) is 20.1. The fourth-order valence-corrected chi connectivity index (χ4v) is 3.80. The number of hydrogen-bond acceptors (Lipinski definition) is 5. The largest absolute Gasteiger partial charge is 0.493 e. The van der Waals surface area contributed by atoms with Gasteiger partial charge in [-0.1, -0.05) is 12.2 Å². The van der Waals surface area contributed by atoms with Crippen molar-refractivity contribution in [2.75, 3.05) is 14.2 Å². The Morgan fingerprint density at radius 1 is 1.36 bits per heavy atom. The van der Waals surface area contributed by atoms with Crippen LogP contribution in [0.5, 0.6) is 11.5 Å². The van der Waals surface area contributed by atoms with E-state index in [4.69, 9.17) is 9.47 Å². The van der Waals surface area contributed by atoms with Crippen molar-refractivity contribution >= 4 is 12.0 Å². The average molecular weight is 385 g/mol. The molecule has 0 radical (unpaired) electrons. The van der Waals surface area contributed by atoms with Gasteiger partial charge in [0.05, 0.1) is 32.7 Å². The highest BCUT2D eigenvalue weighted by Crippen LogP contribution is 2.34. The van der Waals surface area contributed by atoms with Gasteiger partial charge in [-0.25, -0.2) is 4.98 Å². The van der Waals surface area contributed by atoms with Gasteiger partial charge in [0, 0.05) is 30.1 Å². The molecule has 0 spiro atoms. The number of nitrogens with one attached hydrogen (secondary N) is 1. The van der Waals surface area contributed by atoms with Gasteiger partial charge in [0.25, 0.3) is 5.91 Å². The topological polar surface area (TPSA) is 85.6 Å². The van der Waals surface area contributed by atoms with Gasteiger partial charge in [0.2, 0.25) is 0 Å². The lowest BCUT2D eigenvalue weighted by Crippen LogP contribution is -2.40. The van der Waals surface area contributed by atoms with E-state index in [1.165, 1.54) is 0 Å². The second-order valence-corrected chi connectivity index (χ2v) is 7.05. The molecule has 1 saturated carbocycles. The van der Waals surface area contributed by atoms with Crippen LogP contribution in [0.3, 0.4) is 0 Å². The van der Waals surface area contributed by atoms with Gasteiger partial charge in [0.15, 0.2) is 11.5 Å². The van der Waals surface area contributed by atoms with E-state index in [-0.39, 0.29) is 11.9 Å². The summed E-state index contributed by atoms with van der Waals surface area (Å²) in [5.74, 6) is 1.13. The van der Waals surface area contributed by atoms with Gasteiger partial charge in [-0.05, 0) is 37.8 Å². The number of imidazole rings is 1. The van der Waals surface area contributed by atoms with E-state index in [1.54, 1.807) is 38.9 Å². The third-order valence-electron chi connectivity index (χ3n) is 5.09. The average Bonchev–Trinajstić information content (AvgIpc) is 3.31. The molecule has 1 aliphatic rings. The van der Waals surface area contributed by atoms with E-state index in [0.29, 0.717) is 29.4 Å². The number of aromatic nitrogens is 2. The van der Waals surface area contributed by atoms with E-state index < -0.39 is 6.10 Å². The summed E-state index contributed by atoms with van der Waals surface area (Å²) in [7, 11) is 3.11. The number of nitrogens with zero attached hydrogens (tertiary/aromatic N) is 2. The standard InChI is InChI=1S/C21H27N3O4/c1-4-5-15-10-16(11-19(27-2)20(15)28-3)21(26)23-17-8-14(9-18(17)25)12-24-7-6-22-13-24/h4-7,10-11,13-14,17-18,25H,8-9,12H2,1-3H3,(H,23,26)/b5-4+/t14?,17-,18-/m1/s1. The van der Waals surface area contributed by atoms with Crippen molar-refractivity contribution < 1.29 is 19.4 Å². The van der Waals surface area contributed by atoms with Crippen LogP contribution < -0.4 is 14.8 Å². The first-order chi connectivity index (χ1) is 13.5. The molecule has 2 N–H and O–H groups in total. The van der Waals surface area contributed by atoms with Crippen LogP contribution in [-0.2, 0) is 6.54 Å². The Morgan fingerprint density at radius 2 is 2.18 bits per heavy atom. The maximum absolute atomic E-state index is 12.8. The van der Waals surface area contributed by atoms with Gasteiger partial charge >= 0.3 is 0 Å². The number of benzene rings is 1. The van der Waals surface area contributed by atoms with Crippen LogP contribution in [0.15, 0.2) is 36.9 Å². The minimum absolute atomic E-state index is 0.237. The second-order valence-electron chi connectivity index (χ2n) is 7.05. The zero-order valence-electron chi connectivity index (χ0n) is 16.5. The monoisotopic (exact) mass is 385 g/mol. The van der Waals surface area contributed by atoms with Crippen LogP contribution in [-0.4, -0.2) is 46.9 Å². The third kappa shape index (κ3) is 4.36. The molecule has 1 aliphatic carbocycles. The lowest BCUT2D eigenvalue weighted by Gasteiger charge is -2.18. The van der Waals surface area contributed by atoms with E-state index in [2.05, 4.69) is 10.3 Å². The minimum Gasteiger partial charge on any atom is -0.493 e. The molecular weight excluding hydrogens is 358 g/mol. The number of methoxy groups -OCH3 is 2. The molecule has 0 bridgehead atoms. The van der Waals surface area contributed by atoms with Crippen molar-refractivity contribution in [3.8, 4) is 11.5 Å². The molecule has 7 nitrogen and oxygen atoms in total. The van der Waals surface area contributed by atoms with Crippen molar-refractivity contribution in [2.24, 2.45) is 5.92 Å². The van der Waals surface area contributed by atoms with E-state index in [1.807, 2.05) is 29.8 Å². The summed E-state index contributed by atoms with van der Waals surface area (Å²) >= 11 is 0. The Hall–Kier alpha value is -2.80. The number of allylic oxidation sites excluding steroid dienone is 1. The molecular formula is C21H27N3O4. The zero-order valence-corrected chi connectivity index (χ0v) is 16.5. The van der Waals surface area contributed by atoms with Gasteiger partial charge in [-0.2, -0.15) is 0 Å². The lowest BCUT2D eigenvalue weighted by atomic mass is 10.1. The number of aliphatic hydroxyl groups is 1. The lowest BCUT2D eigenvalue weighted by molar-refractivity contribution is 0.0872. The number of carbonyl (C=O) groups excluding carboxylic acids is 1. The van der Waals surface area contributed by atoms with Crippen LogP contribution in [0.2, 0.25) is 0 Å². The highest BCUT2D eigenvalue weighted by atomic mass is 16.5. The van der Waals surface area contributed by atoms with Gasteiger partial charge < -0.3 is 24.5 Å². The molecule has 2 aromatic rings. The molecule has 150 valence electrons. The highest BCUT2D eigenvalue weighted by molar-refractivity contribution is 5.96. The normalized spacial score (nSPS) is 21.8. The SMILES string of the molecule is C/C=C/c1cc(C(=O)N[C@@H]2CC(Cn3ccnc3)C[C@H]2O)cc(OC)c1OC. The Bertz CT molecular complexity index is 832. The molecule has 1 heterocycles. The molecule has 3 atom stereocenters. The first kappa shape index (κ1) is 19.9. The molecule has 28 heavy (non-hydrogen) atoms. The van der Waals surface area contributed by atoms with Gasteiger partial charge in [0.1, 0.15) is 0 Å². The summed E-state index contributed by atoms with van der Waals surface area (Å²) in [5, 5.41) is 13.4. The summed E-state index contributed by atoms with van der Waals surface area (Å²) in [6.07, 6.45) is 9.97. The number of hydrogen-bond donors (Lipinski definition) is 2.